The largest absolute Gasteiger partial charge is 0.348 e. The van der Waals surface area contributed by atoms with Gasteiger partial charge in [-0.3, -0.25) is 15.6 Å². The highest BCUT2D eigenvalue weighted by Gasteiger charge is 2.10. The molecule has 0 radical (unpaired) electrons. The second kappa shape index (κ2) is 6.85. The first-order chi connectivity index (χ1) is 10.1. The van der Waals surface area contributed by atoms with Crippen molar-refractivity contribution in [1.82, 2.24) is 10.3 Å². The van der Waals surface area contributed by atoms with Gasteiger partial charge in [-0.2, -0.15) is 0 Å². The minimum Gasteiger partial charge on any atom is -0.348 e. The summed E-state index contributed by atoms with van der Waals surface area (Å²) in [6.07, 6.45) is 3.08. The number of hydrogen-bond acceptors (Lipinski definition) is 4. The van der Waals surface area contributed by atoms with Gasteiger partial charge < -0.3 is 10.7 Å². The third-order valence-corrected chi connectivity index (χ3v) is 3.32. The Morgan fingerprint density at radius 2 is 1.95 bits per heavy atom. The number of nitrogen functional groups attached to an aromatic ring is 1. The van der Waals surface area contributed by atoms with Gasteiger partial charge in [0, 0.05) is 12.7 Å². The van der Waals surface area contributed by atoms with Crippen LogP contribution in [0.15, 0.2) is 42.7 Å². The molecular formula is C16H20N4O. The monoisotopic (exact) mass is 284 g/mol. The molecule has 4 N–H and O–H groups in total. The van der Waals surface area contributed by atoms with Crippen LogP contribution >= 0.6 is 0 Å². The van der Waals surface area contributed by atoms with Crippen LogP contribution in [0, 0.1) is 0 Å². The van der Waals surface area contributed by atoms with Crippen molar-refractivity contribution in [3.05, 3.63) is 59.4 Å². The Labute approximate surface area is 124 Å². The fourth-order valence-electron chi connectivity index (χ4n) is 2.01. The van der Waals surface area contributed by atoms with Crippen LogP contribution in [0.1, 0.15) is 41.3 Å². The number of nitrogens with one attached hydrogen (secondary N) is 2. The minimum atomic E-state index is -0.182. The van der Waals surface area contributed by atoms with Crippen LogP contribution in [0.25, 0.3) is 0 Å². The van der Waals surface area contributed by atoms with Gasteiger partial charge in [0.05, 0.1) is 17.4 Å². The average molecular weight is 284 g/mol. The number of aromatic nitrogens is 1. The molecule has 0 spiro atoms. The molecule has 1 aromatic carbocycles. The van der Waals surface area contributed by atoms with Crippen molar-refractivity contribution < 1.29 is 4.79 Å². The van der Waals surface area contributed by atoms with Gasteiger partial charge in [-0.25, -0.2) is 0 Å². The number of pyridine rings is 1. The fourth-order valence-corrected chi connectivity index (χ4v) is 2.01. The Morgan fingerprint density at radius 3 is 2.57 bits per heavy atom. The summed E-state index contributed by atoms with van der Waals surface area (Å²) in [5.41, 5.74) is 5.80. The van der Waals surface area contributed by atoms with E-state index in [1.165, 1.54) is 11.8 Å². The summed E-state index contributed by atoms with van der Waals surface area (Å²) >= 11 is 0. The van der Waals surface area contributed by atoms with E-state index in [9.17, 15) is 4.79 Å². The average Bonchev–Trinajstić information content (AvgIpc) is 2.52. The van der Waals surface area contributed by atoms with E-state index in [-0.39, 0.29) is 5.91 Å². The summed E-state index contributed by atoms with van der Waals surface area (Å²) in [6.45, 7) is 4.78. The molecule has 0 atom stereocenters. The zero-order valence-electron chi connectivity index (χ0n) is 12.3. The van der Waals surface area contributed by atoms with E-state index in [4.69, 9.17) is 5.84 Å². The zero-order chi connectivity index (χ0) is 15.2. The first kappa shape index (κ1) is 15.0. The molecule has 5 heteroatoms. The van der Waals surface area contributed by atoms with Crippen molar-refractivity contribution in [2.45, 2.75) is 26.3 Å². The number of hydrazine groups is 1. The van der Waals surface area contributed by atoms with E-state index in [0.29, 0.717) is 23.7 Å². The van der Waals surface area contributed by atoms with E-state index >= 15 is 0 Å². The maximum Gasteiger partial charge on any atom is 0.253 e. The molecule has 2 rings (SSSR count). The van der Waals surface area contributed by atoms with Crippen LogP contribution in [-0.2, 0) is 6.54 Å². The molecule has 5 nitrogen and oxygen atoms in total. The first-order valence-corrected chi connectivity index (χ1v) is 6.89. The molecule has 21 heavy (non-hydrogen) atoms. The van der Waals surface area contributed by atoms with Crippen LogP contribution in [0.4, 0.5) is 5.69 Å². The van der Waals surface area contributed by atoms with E-state index in [1.807, 2.05) is 12.1 Å². The topological polar surface area (TPSA) is 80.0 Å². The first-order valence-electron chi connectivity index (χ1n) is 6.89. The Balaban J connectivity index is 2.00. The van der Waals surface area contributed by atoms with Gasteiger partial charge in [-0.15, -0.1) is 0 Å². The normalized spacial score (nSPS) is 10.5. The third-order valence-electron chi connectivity index (χ3n) is 3.32. The molecule has 0 aliphatic heterocycles. The van der Waals surface area contributed by atoms with Gasteiger partial charge in [-0.05, 0) is 23.1 Å². The lowest BCUT2D eigenvalue weighted by Crippen LogP contribution is -2.24. The summed E-state index contributed by atoms with van der Waals surface area (Å²) in [4.78, 5) is 16.1. The molecule has 0 fully saturated rings. The highest BCUT2D eigenvalue weighted by atomic mass is 16.1. The molecule has 0 saturated carbocycles. The number of carbonyl (C=O) groups excluding carboxylic acids is 1. The van der Waals surface area contributed by atoms with Crippen molar-refractivity contribution in [2.75, 3.05) is 5.43 Å². The van der Waals surface area contributed by atoms with E-state index < -0.39 is 0 Å². The molecule has 0 unspecified atom stereocenters. The lowest BCUT2D eigenvalue weighted by Gasteiger charge is -2.10. The third kappa shape index (κ3) is 3.79. The second-order valence-electron chi connectivity index (χ2n) is 5.14. The summed E-state index contributed by atoms with van der Waals surface area (Å²) in [7, 11) is 0. The van der Waals surface area contributed by atoms with E-state index in [2.05, 4.69) is 41.7 Å². The van der Waals surface area contributed by atoms with Crippen molar-refractivity contribution in [3.8, 4) is 0 Å². The fraction of sp³-hybridized carbons (Fsp3) is 0.250. The van der Waals surface area contributed by atoms with E-state index in [1.54, 1.807) is 12.3 Å². The van der Waals surface area contributed by atoms with E-state index in [0.717, 1.165) is 5.56 Å². The number of nitrogens with two attached hydrogens (primary N) is 1. The smallest absolute Gasteiger partial charge is 0.253 e. The number of anilines is 1. The molecular weight excluding hydrogens is 264 g/mol. The van der Waals surface area contributed by atoms with Gasteiger partial charge >= 0.3 is 0 Å². The molecule has 2 aromatic rings. The highest BCUT2D eigenvalue weighted by molar-refractivity contribution is 5.99. The maximum atomic E-state index is 12.1. The van der Waals surface area contributed by atoms with Crippen molar-refractivity contribution in [2.24, 2.45) is 5.84 Å². The number of nitrogens with zero attached hydrogens (tertiary/aromatic N) is 1. The van der Waals surface area contributed by atoms with Crippen LogP contribution in [0.3, 0.4) is 0 Å². The Hall–Kier alpha value is -2.40. The number of rotatable bonds is 5. The predicted octanol–water partition coefficient (Wildman–Crippen LogP) is 2.42. The Bertz CT molecular complexity index is 608. The van der Waals surface area contributed by atoms with Gasteiger partial charge in [-0.1, -0.05) is 38.1 Å². The molecule has 0 saturated heterocycles. The van der Waals surface area contributed by atoms with Crippen LogP contribution in [0.5, 0.6) is 0 Å². The number of carbonyl (C=O) groups is 1. The summed E-state index contributed by atoms with van der Waals surface area (Å²) in [6, 6.07) is 9.87. The molecule has 0 aliphatic rings. The molecule has 1 amide bonds. The van der Waals surface area contributed by atoms with Crippen molar-refractivity contribution in [3.63, 3.8) is 0 Å². The molecule has 1 heterocycles. The SMILES string of the molecule is CC(C)c1ccc(CNC(=O)c2ccncc2NN)cc1. The number of amides is 1. The van der Waals surface area contributed by atoms with Gasteiger partial charge in [0.2, 0.25) is 0 Å². The summed E-state index contributed by atoms with van der Waals surface area (Å²) < 4.78 is 0. The van der Waals surface area contributed by atoms with Crippen LogP contribution in [-0.4, -0.2) is 10.9 Å². The Kier molecular flexibility index (Phi) is 4.90. The van der Waals surface area contributed by atoms with Crippen molar-refractivity contribution >= 4 is 11.6 Å². The molecule has 0 bridgehead atoms. The molecule has 1 aromatic heterocycles. The molecule has 110 valence electrons. The number of hydrogen-bond donors (Lipinski definition) is 3. The number of benzene rings is 1. The standard InChI is InChI=1S/C16H20N4O/c1-11(2)13-5-3-12(4-6-13)9-19-16(21)14-7-8-18-10-15(14)20-17/h3-8,10-11,20H,9,17H2,1-2H3,(H,19,21). The van der Waals surface area contributed by atoms with Gasteiger partial charge in [0.25, 0.3) is 5.91 Å². The minimum absolute atomic E-state index is 0.182. The van der Waals surface area contributed by atoms with Gasteiger partial charge in [0.15, 0.2) is 0 Å². The maximum absolute atomic E-state index is 12.1. The van der Waals surface area contributed by atoms with Crippen LogP contribution < -0.4 is 16.6 Å². The Morgan fingerprint density at radius 1 is 1.24 bits per heavy atom. The lowest BCUT2D eigenvalue weighted by molar-refractivity contribution is 0.0951. The lowest BCUT2D eigenvalue weighted by atomic mass is 10.0. The predicted molar refractivity (Wildman–Crippen MR) is 83.7 cm³/mol. The summed E-state index contributed by atoms with van der Waals surface area (Å²) in [5, 5.41) is 2.88. The zero-order valence-corrected chi connectivity index (χ0v) is 12.3. The highest BCUT2D eigenvalue weighted by Crippen LogP contribution is 2.15. The second-order valence-corrected chi connectivity index (χ2v) is 5.14. The summed E-state index contributed by atoms with van der Waals surface area (Å²) in [5.74, 6) is 5.69. The molecule has 0 aliphatic carbocycles. The van der Waals surface area contributed by atoms with Gasteiger partial charge in [0.1, 0.15) is 0 Å². The quantitative estimate of drug-likeness (QED) is 0.582. The van der Waals surface area contributed by atoms with Crippen molar-refractivity contribution in [1.29, 1.82) is 0 Å². The van der Waals surface area contributed by atoms with Crippen LogP contribution in [0.2, 0.25) is 0 Å².